The molecule has 4 rings (SSSR count). The number of hydrogen-bond acceptors (Lipinski definition) is 6. The van der Waals surface area contributed by atoms with E-state index in [1.54, 1.807) is 44.4 Å². The van der Waals surface area contributed by atoms with Crippen molar-refractivity contribution in [2.24, 2.45) is 0 Å². The highest BCUT2D eigenvalue weighted by Gasteiger charge is 2.47. The zero-order valence-corrected chi connectivity index (χ0v) is 19.2. The van der Waals surface area contributed by atoms with Crippen molar-refractivity contribution in [3.8, 4) is 5.75 Å². The number of thiophene rings is 1. The summed E-state index contributed by atoms with van der Waals surface area (Å²) in [6.07, 6.45) is 0. The molecule has 1 saturated heterocycles. The molecule has 0 aliphatic carbocycles. The summed E-state index contributed by atoms with van der Waals surface area (Å²) in [4.78, 5) is 28.5. The molecule has 1 amide bonds. The summed E-state index contributed by atoms with van der Waals surface area (Å²) >= 11 is 1.50. The monoisotopic (exact) mass is 451 g/mol. The lowest BCUT2D eigenvalue weighted by molar-refractivity contribution is -0.140. The van der Waals surface area contributed by atoms with Gasteiger partial charge in [0, 0.05) is 10.4 Å². The van der Waals surface area contributed by atoms with Gasteiger partial charge in [-0.25, -0.2) is 0 Å². The summed E-state index contributed by atoms with van der Waals surface area (Å²) in [6.45, 7) is 6.09. The van der Waals surface area contributed by atoms with Crippen LogP contribution in [0.4, 0.5) is 0 Å². The standard InChI is InChI=1S/C25H25NO5S/c1-14(2)18-12-16(8-10-19(18)30-4)23(27)21-22(20-9-7-15(3)31-20)26(25(29)24(21)28)13-17-6-5-11-32-17/h5-12,14,22,27H,13H2,1-4H3/b23-21-. The SMILES string of the molecule is COc1ccc(/C(O)=C2/C(=O)C(=O)N(Cc3cccs3)C2c2ccc(C)o2)cc1C(C)C. The number of furan rings is 1. The van der Waals surface area contributed by atoms with Crippen LogP contribution in [0.2, 0.25) is 0 Å². The molecule has 0 radical (unpaired) electrons. The number of aryl methyl sites for hydroxylation is 1. The van der Waals surface area contributed by atoms with Gasteiger partial charge in [0.05, 0.1) is 19.2 Å². The number of hydrogen-bond donors (Lipinski definition) is 1. The van der Waals surface area contributed by atoms with Crippen LogP contribution in [0.15, 0.2) is 57.8 Å². The van der Waals surface area contributed by atoms with E-state index >= 15 is 0 Å². The fraction of sp³-hybridized carbons (Fsp3) is 0.280. The molecule has 1 atom stereocenters. The molecule has 7 heteroatoms. The van der Waals surface area contributed by atoms with Crippen LogP contribution in [0.1, 0.15) is 53.3 Å². The molecule has 166 valence electrons. The smallest absolute Gasteiger partial charge is 0.296 e. The fourth-order valence-electron chi connectivity index (χ4n) is 4.00. The Morgan fingerprint density at radius 2 is 2.00 bits per heavy atom. The molecular formula is C25H25NO5S. The number of benzene rings is 1. The van der Waals surface area contributed by atoms with E-state index in [-0.39, 0.29) is 23.8 Å². The molecule has 3 heterocycles. The number of methoxy groups -OCH3 is 1. The van der Waals surface area contributed by atoms with Gasteiger partial charge in [0.15, 0.2) is 0 Å². The Morgan fingerprint density at radius 3 is 2.59 bits per heavy atom. The second kappa shape index (κ2) is 8.67. The molecule has 0 bridgehead atoms. The van der Waals surface area contributed by atoms with Crippen molar-refractivity contribution in [2.75, 3.05) is 7.11 Å². The van der Waals surface area contributed by atoms with Crippen LogP contribution in [0.3, 0.4) is 0 Å². The zero-order chi connectivity index (χ0) is 23.0. The maximum atomic E-state index is 13.1. The largest absolute Gasteiger partial charge is 0.507 e. The summed E-state index contributed by atoms with van der Waals surface area (Å²) in [5, 5.41) is 13.2. The van der Waals surface area contributed by atoms with Gasteiger partial charge < -0.3 is 19.2 Å². The molecule has 3 aromatic rings. The minimum Gasteiger partial charge on any atom is -0.507 e. The highest BCUT2D eigenvalue weighted by atomic mass is 32.1. The van der Waals surface area contributed by atoms with Crippen molar-refractivity contribution in [2.45, 2.75) is 39.3 Å². The predicted molar refractivity (Wildman–Crippen MR) is 123 cm³/mol. The van der Waals surface area contributed by atoms with Crippen LogP contribution in [0, 0.1) is 6.92 Å². The van der Waals surface area contributed by atoms with Crippen LogP contribution in [0.25, 0.3) is 5.76 Å². The summed E-state index contributed by atoms with van der Waals surface area (Å²) < 4.78 is 11.3. The number of carbonyl (C=O) groups excluding carboxylic acids is 2. The van der Waals surface area contributed by atoms with Crippen molar-refractivity contribution in [3.63, 3.8) is 0 Å². The zero-order valence-electron chi connectivity index (χ0n) is 18.4. The first-order valence-corrected chi connectivity index (χ1v) is 11.2. The maximum Gasteiger partial charge on any atom is 0.296 e. The number of aliphatic hydroxyl groups is 1. The Morgan fingerprint density at radius 1 is 1.22 bits per heavy atom. The average Bonchev–Trinajstić information content (AvgIpc) is 3.50. The summed E-state index contributed by atoms with van der Waals surface area (Å²) in [6, 6.07) is 11.8. The molecule has 32 heavy (non-hydrogen) atoms. The molecule has 1 fully saturated rings. The van der Waals surface area contributed by atoms with Gasteiger partial charge in [0.2, 0.25) is 0 Å². The van der Waals surface area contributed by atoms with Crippen LogP contribution >= 0.6 is 11.3 Å². The number of Topliss-reactive ketones (excluding diaryl/α,β-unsaturated/α-hetero) is 1. The highest BCUT2D eigenvalue weighted by Crippen LogP contribution is 2.42. The van der Waals surface area contributed by atoms with Crippen LogP contribution in [-0.2, 0) is 16.1 Å². The van der Waals surface area contributed by atoms with Gasteiger partial charge in [0.1, 0.15) is 29.1 Å². The molecular weight excluding hydrogens is 426 g/mol. The van der Waals surface area contributed by atoms with Crippen molar-refractivity contribution >= 4 is 28.8 Å². The van der Waals surface area contributed by atoms with E-state index in [2.05, 4.69) is 0 Å². The predicted octanol–water partition coefficient (Wildman–Crippen LogP) is 5.40. The normalized spacial score (nSPS) is 18.0. The number of nitrogens with zero attached hydrogens (tertiary/aromatic N) is 1. The third-order valence-electron chi connectivity index (χ3n) is 5.60. The molecule has 1 N–H and O–H groups in total. The fourth-order valence-corrected chi connectivity index (χ4v) is 4.70. The van der Waals surface area contributed by atoms with Gasteiger partial charge in [-0.3, -0.25) is 9.59 Å². The maximum absolute atomic E-state index is 13.1. The molecule has 1 aliphatic heterocycles. The summed E-state index contributed by atoms with van der Waals surface area (Å²) in [7, 11) is 1.59. The number of ether oxygens (including phenoxy) is 1. The Labute approximate surface area is 190 Å². The highest BCUT2D eigenvalue weighted by molar-refractivity contribution is 7.09. The van der Waals surface area contributed by atoms with Gasteiger partial charge >= 0.3 is 0 Å². The van der Waals surface area contributed by atoms with E-state index in [0.29, 0.717) is 22.8 Å². The van der Waals surface area contributed by atoms with E-state index in [4.69, 9.17) is 9.15 Å². The van der Waals surface area contributed by atoms with E-state index in [9.17, 15) is 14.7 Å². The Balaban J connectivity index is 1.86. The third-order valence-corrected chi connectivity index (χ3v) is 6.46. The van der Waals surface area contributed by atoms with Gasteiger partial charge in [-0.05, 0) is 60.2 Å². The molecule has 1 unspecified atom stereocenters. The quantitative estimate of drug-likeness (QED) is 0.308. The summed E-state index contributed by atoms with van der Waals surface area (Å²) in [5.41, 5.74) is 1.38. The molecule has 1 aliphatic rings. The number of ketones is 1. The molecule has 6 nitrogen and oxygen atoms in total. The number of carbonyl (C=O) groups is 2. The molecule has 0 saturated carbocycles. The van der Waals surface area contributed by atoms with E-state index < -0.39 is 17.7 Å². The minimum absolute atomic E-state index is 0.0285. The van der Waals surface area contributed by atoms with Crippen molar-refractivity contribution in [1.82, 2.24) is 4.90 Å². The van der Waals surface area contributed by atoms with Crippen molar-refractivity contribution in [3.05, 3.63) is 80.9 Å². The number of likely N-dealkylation sites (tertiary alicyclic amines) is 1. The van der Waals surface area contributed by atoms with Gasteiger partial charge in [0.25, 0.3) is 11.7 Å². The molecule has 1 aromatic carbocycles. The topological polar surface area (TPSA) is 80.0 Å². The van der Waals surface area contributed by atoms with E-state index in [1.165, 1.54) is 16.2 Å². The first kappa shape index (κ1) is 21.9. The molecule has 0 spiro atoms. The van der Waals surface area contributed by atoms with Gasteiger partial charge in [-0.15, -0.1) is 11.3 Å². The minimum atomic E-state index is -0.810. The summed E-state index contributed by atoms with van der Waals surface area (Å²) in [5.74, 6) is 0.346. The van der Waals surface area contributed by atoms with Crippen LogP contribution in [0.5, 0.6) is 5.75 Å². The average molecular weight is 452 g/mol. The Kier molecular flexibility index (Phi) is 5.93. The Hall–Kier alpha value is -3.32. The first-order chi connectivity index (χ1) is 15.3. The second-order valence-corrected chi connectivity index (χ2v) is 9.10. The van der Waals surface area contributed by atoms with Gasteiger partial charge in [-0.2, -0.15) is 0 Å². The first-order valence-electron chi connectivity index (χ1n) is 10.4. The lowest BCUT2D eigenvalue weighted by atomic mass is 9.95. The van der Waals surface area contributed by atoms with Crippen LogP contribution < -0.4 is 4.74 Å². The van der Waals surface area contributed by atoms with Crippen molar-refractivity contribution in [1.29, 1.82) is 0 Å². The lowest BCUT2D eigenvalue weighted by Crippen LogP contribution is -2.28. The number of amides is 1. The second-order valence-electron chi connectivity index (χ2n) is 8.07. The van der Waals surface area contributed by atoms with E-state index in [0.717, 1.165) is 10.4 Å². The Bertz CT molecular complexity index is 1190. The van der Waals surface area contributed by atoms with E-state index in [1.807, 2.05) is 31.4 Å². The lowest BCUT2D eigenvalue weighted by Gasteiger charge is -2.23. The molecule has 2 aromatic heterocycles. The van der Waals surface area contributed by atoms with Gasteiger partial charge in [-0.1, -0.05) is 19.9 Å². The van der Waals surface area contributed by atoms with Crippen LogP contribution in [-0.4, -0.2) is 28.8 Å². The number of aliphatic hydroxyl groups excluding tert-OH is 1. The van der Waals surface area contributed by atoms with Crippen molar-refractivity contribution < 1.29 is 23.8 Å². The third kappa shape index (κ3) is 3.84. The number of rotatable bonds is 6.